The maximum atomic E-state index is 5.93. The molecule has 1 aromatic heterocycles. The van der Waals surface area contributed by atoms with Crippen molar-refractivity contribution >= 4 is 11.6 Å². The van der Waals surface area contributed by atoms with Crippen molar-refractivity contribution in [1.29, 1.82) is 0 Å². The molecule has 0 saturated carbocycles. The Morgan fingerprint density at radius 3 is 2.82 bits per heavy atom. The molecule has 90 valence electrons. The Balaban J connectivity index is 2.02. The number of hydrogen-bond acceptors (Lipinski definition) is 3. The molecule has 2 N–H and O–H groups in total. The monoisotopic (exact) mass is 250 g/mol. The fourth-order valence-corrected chi connectivity index (χ4v) is 1.92. The van der Waals surface area contributed by atoms with E-state index in [9.17, 15) is 0 Å². The lowest BCUT2D eigenvalue weighted by atomic mass is 10.1. The summed E-state index contributed by atoms with van der Waals surface area (Å²) >= 11 is 5.93. The van der Waals surface area contributed by atoms with Gasteiger partial charge in [-0.15, -0.1) is 0 Å². The van der Waals surface area contributed by atoms with Crippen LogP contribution in [-0.4, -0.2) is 14.8 Å². The van der Waals surface area contributed by atoms with E-state index in [2.05, 4.69) is 16.1 Å². The highest BCUT2D eigenvalue weighted by molar-refractivity contribution is 6.30. The van der Waals surface area contributed by atoms with Crippen LogP contribution in [0.5, 0.6) is 0 Å². The van der Waals surface area contributed by atoms with Crippen molar-refractivity contribution < 1.29 is 0 Å². The summed E-state index contributed by atoms with van der Waals surface area (Å²) in [5, 5.41) is 5.07. The van der Waals surface area contributed by atoms with E-state index in [-0.39, 0.29) is 0 Å². The van der Waals surface area contributed by atoms with Gasteiger partial charge in [0.25, 0.3) is 0 Å². The fourth-order valence-electron chi connectivity index (χ4n) is 1.71. The molecular formula is C12H15ClN4. The lowest BCUT2D eigenvalue weighted by Crippen LogP contribution is -2.05. The Morgan fingerprint density at radius 2 is 2.18 bits per heavy atom. The molecule has 2 rings (SSSR count). The van der Waals surface area contributed by atoms with Crippen molar-refractivity contribution in [2.75, 3.05) is 0 Å². The Bertz CT molecular complexity index is 507. The lowest BCUT2D eigenvalue weighted by Gasteiger charge is -1.98. The van der Waals surface area contributed by atoms with Crippen LogP contribution in [0, 0.1) is 0 Å². The number of halogens is 1. The summed E-state index contributed by atoms with van der Waals surface area (Å²) in [6, 6.07) is 7.85. The van der Waals surface area contributed by atoms with Gasteiger partial charge in [0.1, 0.15) is 5.82 Å². The minimum absolute atomic E-state index is 0.417. The minimum atomic E-state index is 0.417. The van der Waals surface area contributed by atoms with E-state index in [1.54, 1.807) is 4.68 Å². The molecular weight excluding hydrogens is 236 g/mol. The Morgan fingerprint density at radius 1 is 1.35 bits per heavy atom. The van der Waals surface area contributed by atoms with Gasteiger partial charge in [-0.05, 0) is 24.1 Å². The van der Waals surface area contributed by atoms with E-state index in [1.807, 2.05) is 25.2 Å². The first kappa shape index (κ1) is 12.1. The second-order valence-electron chi connectivity index (χ2n) is 3.90. The summed E-state index contributed by atoms with van der Waals surface area (Å²) in [5.74, 6) is 1.64. The number of nitrogens with zero attached hydrogens (tertiary/aromatic N) is 3. The summed E-state index contributed by atoms with van der Waals surface area (Å²) in [6.45, 7) is 0.417. The number of hydrogen-bond donors (Lipinski definition) is 1. The standard InChI is InChI=1S/C12H15ClN4/c1-17-12(8-14)15-11(16-17)6-5-9-3-2-4-10(13)7-9/h2-4,7H,5-6,8,14H2,1H3. The van der Waals surface area contributed by atoms with E-state index in [0.29, 0.717) is 6.54 Å². The molecule has 0 fully saturated rings. The number of benzene rings is 1. The van der Waals surface area contributed by atoms with Crippen LogP contribution in [0.1, 0.15) is 17.2 Å². The third-order valence-electron chi connectivity index (χ3n) is 2.61. The maximum absolute atomic E-state index is 5.93. The molecule has 0 amide bonds. The Hall–Kier alpha value is -1.39. The zero-order chi connectivity index (χ0) is 12.3. The van der Waals surface area contributed by atoms with Gasteiger partial charge in [-0.1, -0.05) is 23.7 Å². The average Bonchev–Trinajstić information content (AvgIpc) is 2.67. The molecule has 17 heavy (non-hydrogen) atoms. The number of rotatable bonds is 4. The predicted octanol–water partition coefficient (Wildman–Crippen LogP) is 1.71. The van der Waals surface area contributed by atoms with E-state index in [1.165, 1.54) is 5.56 Å². The van der Waals surface area contributed by atoms with Crippen molar-refractivity contribution in [1.82, 2.24) is 14.8 Å². The van der Waals surface area contributed by atoms with Crippen molar-refractivity contribution in [2.24, 2.45) is 12.8 Å². The fraction of sp³-hybridized carbons (Fsp3) is 0.333. The van der Waals surface area contributed by atoms with Gasteiger partial charge < -0.3 is 5.73 Å². The summed E-state index contributed by atoms with van der Waals surface area (Å²) in [5.41, 5.74) is 6.74. The van der Waals surface area contributed by atoms with Gasteiger partial charge in [-0.2, -0.15) is 5.10 Å². The molecule has 4 nitrogen and oxygen atoms in total. The Labute approximate surface area is 105 Å². The van der Waals surface area contributed by atoms with Crippen LogP contribution in [0.25, 0.3) is 0 Å². The first-order chi connectivity index (χ1) is 8.19. The third kappa shape index (κ3) is 3.05. The van der Waals surface area contributed by atoms with Gasteiger partial charge in [0.2, 0.25) is 0 Å². The van der Waals surface area contributed by atoms with Crippen molar-refractivity contribution in [2.45, 2.75) is 19.4 Å². The number of nitrogens with two attached hydrogens (primary N) is 1. The molecule has 0 aliphatic heterocycles. The highest BCUT2D eigenvalue weighted by Gasteiger charge is 2.05. The molecule has 0 aliphatic rings. The highest BCUT2D eigenvalue weighted by atomic mass is 35.5. The second kappa shape index (κ2) is 5.29. The molecule has 0 saturated heterocycles. The van der Waals surface area contributed by atoms with Crippen LogP contribution in [0.4, 0.5) is 0 Å². The largest absolute Gasteiger partial charge is 0.324 e. The quantitative estimate of drug-likeness (QED) is 0.899. The Kier molecular flexibility index (Phi) is 3.76. The normalized spacial score (nSPS) is 10.8. The third-order valence-corrected chi connectivity index (χ3v) is 2.84. The summed E-state index contributed by atoms with van der Waals surface area (Å²) < 4.78 is 1.73. The zero-order valence-electron chi connectivity index (χ0n) is 9.73. The van der Waals surface area contributed by atoms with Crippen LogP contribution in [0.3, 0.4) is 0 Å². The molecule has 1 aromatic carbocycles. The van der Waals surface area contributed by atoms with Crippen molar-refractivity contribution in [3.8, 4) is 0 Å². The summed E-state index contributed by atoms with van der Waals surface area (Å²) in [7, 11) is 1.86. The molecule has 2 aromatic rings. The van der Waals surface area contributed by atoms with E-state index >= 15 is 0 Å². The van der Waals surface area contributed by atoms with Crippen LogP contribution in [-0.2, 0) is 26.4 Å². The molecule has 0 radical (unpaired) electrons. The molecule has 0 bridgehead atoms. The summed E-state index contributed by atoms with van der Waals surface area (Å²) in [6.07, 6.45) is 1.68. The summed E-state index contributed by atoms with van der Waals surface area (Å²) in [4.78, 5) is 4.36. The van der Waals surface area contributed by atoms with E-state index < -0.39 is 0 Å². The van der Waals surface area contributed by atoms with Gasteiger partial charge in [0.05, 0.1) is 6.54 Å². The molecule has 5 heteroatoms. The average molecular weight is 251 g/mol. The van der Waals surface area contributed by atoms with Crippen LogP contribution < -0.4 is 5.73 Å². The zero-order valence-corrected chi connectivity index (χ0v) is 10.5. The SMILES string of the molecule is Cn1nc(CCc2cccc(Cl)c2)nc1CN. The van der Waals surface area contributed by atoms with Gasteiger partial charge in [0.15, 0.2) is 5.82 Å². The van der Waals surface area contributed by atoms with Gasteiger partial charge in [-0.25, -0.2) is 4.98 Å². The predicted molar refractivity (Wildman–Crippen MR) is 67.8 cm³/mol. The van der Waals surface area contributed by atoms with Crippen LogP contribution >= 0.6 is 11.6 Å². The van der Waals surface area contributed by atoms with Gasteiger partial charge >= 0.3 is 0 Å². The smallest absolute Gasteiger partial charge is 0.151 e. The number of aryl methyl sites for hydroxylation is 3. The number of aromatic nitrogens is 3. The first-order valence-corrected chi connectivity index (χ1v) is 5.90. The lowest BCUT2D eigenvalue weighted by molar-refractivity contribution is 0.692. The molecule has 0 unspecified atom stereocenters. The minimum Gasteiger partial charge on any atom is -0.324 e. The molecule has 1 heterocycles. The van der Waals surface area contributed by atoms with E-state index in [4.69, 9.17) is 17.3 Å². The van der Waals surface area contributed by atoms with Crippen molar-refractivity contribution in [3.63, 3.8) is 0 Å². The van der Waals surface area contributed by atoms with Gasteiger partial charge in [-0.3, -0.25) is 4.68 Å². The van der Waals surface area contributed by atoms with Crippen LogP contribution in [0.2, 0.25) is 5.02 Å². The molecule has 0 atom stereocenters. The second-order valence-corrected chi connectivity index (χ2v) is 4.34. The van der Waals surface area contributed by atoms with Crippen molar-refractivity contribution in [3.05, 3.63) is 46.5 Å². The van der Waals surface area contributed by atoms with E-state index in [0.717, 1.165) is 29.5 Å². The molecule has 0 spiro atoms. The highest BCUT2D eigenvalue weighted by Crippen LogP contribution is 2.12. The topological polar surface area (TPSA) is 56.7 Å². The molecule has 0 aliphatic carbocycles. The first-order valence-electron chi connectivity index (χ1n) is 5.52. The maximum Gasteiger partial charge on any atom is 0.151 e. The van der Waals surface area contributed by atoms with Crippen LogP contribution in [0.15, 0.2) is 24.3 Å². The van der Waals surface area contributed by atoms with Gasteiger partial charge in [0, 0.05) is 18.5 Å².